The van der Waals surface area contributed by atoms with Gasteiger partial charge in [-0.3, -0.25) is 0 Å². The molecule has 2 rings (SSSR count). The summed E-state index contributed by atoms with van der Waals surface area (Å²) in [6, 6.07) is 6.24. The van der Waals surface area contributed by atoms with Crippen LogP contribution in [0.15, 0.2) is 37.3 Å². The largest absolute Gasteiger partial charge is 0.384 e. The molecule has 106 valence electrons. The van der Waals surface area contributed by atoms with E-state index in [0.717, 1.165) is 34.9 Å². The van der Waals surface area contributed by atoms with Crippen molar-refractivity contribution in [2.45, 2.75) is 26.2 Å². The van der Waals surface area contributed by atoms with E-state index in [1.807, 2.05) is 13.0 Å². The Kier molecular flexibility index (Phi) is 4.85. The van der Waals surface area contributed by atoms with Gasteiger partial charge < -0.3 is 10.3 Å². The standard InChI is InChI=1S/C16H20ClN3/c1-11(14-4-5-15(17)12(2)8-14)6-7-19-13(3)16-9-18-10-20-16/h4-5,8-11,19H,3,6-7H2,1-2H3,(H,18,20). The van der Waals surface area contributed by atoms with Gasteiger partial charge in [0.2, 0.25) is 0 Å². The zero-order valence-corrected chi connectivity index (χ0v) is 12.7. The van der Waals surface area contributed by atoms with Crippen molar-refractivity contribution in [3.05, 3.63) is 59.1 Å². The molecule has 1 heterocycles. The summed E-state index contributed by atoms with van der Waals surface area (Å²) in [6.07, 6.45) is 4.46. The van der Waals surface area contributed by atoms with E-state index in [2.05, 4.69) is 40.9 Å². The lowest BCUT2D eigenvalue weighted by Crippen LogP contribution is -2.15. The Balaban J connectivity index is 1.84. The first-order valence-electron chi connectivity index (χ1n) is 6.75. The predicted molar refractivity (Wildman–Crippen MR) is 84.8 cm³/mol. The number of aromatic nitrogens is 2. The van der Waals surface area contributed by atoms with E-state index in [9.17, 15) is 0 Å². The molecule has 0 saturated heterocycles. The minimum Gasteiger partial charge on any atom is -0.384 e. The zero-order chi connectivity index (χ0) is 14.5. The summed E-state index contributed by atoms with van der Waals surface area (Å²) in [7, 11) is 0. The molecular weight excluding hydrogens is 270 g/mol. The van der Waals surface area contributed by atoms with Crippen molar-refractivity contribution in [2.24, 2.45) is 0 Å². The van der Waals surface area contributed by atoms with Crippen LogP contribution in [0, 0.1) is 6.92 Å². The first-order chi connectivity index (χ1) is 9.58. The van der Waals surface area contributed by atoms with Crippen LogP contribution >= 0.6 is 11.6 Å². The van der Waals surface area contributed by atoms with Gasteiger partial charge in [0.25, 0.3) is 0 Å². The lowest BCUT2D eigenvalue weighted by Gasteiger charge is -2.14. The third kappa shape index (κ3) is 3.64. The molecule has 3 nitrogen and oxygen atoms in total. The molecule has 0 fully saturated rings. The van der Waals surface area contributed by atoms with E-state index in [0.29, 0.717) is 5.92 Å². The quantitative estimate of drug-likeness (QED) is 0.839. The predicted octanol–water partition coefficient (Wildman–Crippen LogP) is 4.13. The summed E-state index contributed by atoms with van der Waals surface area (Å²) in [5.74, 6) is 0.480. The number of hydrogen-bond acceptors (Lipinski definition) is 2. The van der Waals surface area contributed by atoms with Gasteiger partial charge in [-0.1, -0.05) is 37.2 Å². The Morgan fingerprint density at radius 2 is 2.30 bits per heavy atom. The van der Waals surface area contributed by atoms with Crippen LogP contribution in [0.4, 0.5) is 0 Å². The Bertz CT molecular complexity index is 575. The van der Waals surface area contributed by atoms with Crippen LogP contribution in [0.5, 0.6) is 0 Å². The molecule has 1 unspecified atom stereocenters. The van der Waals surface area contributed by atoms with Gasteiger partial charge in [-0.15, -0.1) is 0 Å². The third-order valence-corrected chi connectivity index (χ3v) is 3.91. The van der Waals surface area contributed by atoms with Crippen molar-refractivity contribution in [3.63, 3.8) is 0 Å². The van der Waals surface area contributed by atoms with Crippen LogP contribution in [0.2, 0.25) is 5.02 Å². The number of hydrogen-bond donors (Lipinski definition) is 2. The van der Waals surface area contributed by atoms with E-state index in [4.69, 9.17) is 11.6 Å². The van der Waals surface area contributed by atoms with Gasteiger partial charge in [-0.2, -0.15) is 0 Å². The molecule has 4 heteroatoms. The van der Waals surface area contributed by atoms with Crippen LogP contribution < -0.4 is 5.32 Å². The first-order valence-corrected chi connectivity index (χ1v) is 7.13. The van der Waals surface area contributed by atoms with Crippen molar-refractivity contribution in [3.8, 4) is 0 Å². The molecule has 1 aromatic heterocycles. The van der Waals surface area contributed by atoms with Gasteiger partial charge in [0.15, 0.2) is 0 Å². The fourth-order valence-corrected chi connectivity index (χ4v) is 2.21. The molecule has 2 aromatic rings. The number of aryl methyl sites for hydroxylation is 1. The molecule has 2 N–H and O–H groups in total. The van der Waals surface area contributed by atoms with Crippen LogP contribution in [-0.2, 0) is 0 Å². The molecule has 0 aliphatic rings. The maximum atomic E-state index is 6.05. The number of H-pyrrole nitrogens is 1. The van der Waals surface area contributed by atoms with Crippen molar-refractivity contribution in [2.75, 3.05) is 6.54 Å². The van der Waals surface area contributed by atoms with E-state index in [1.165, 1.54) is 5.56 Å². The first kappa shape index (κ1) is 14.7. The van der Waals surface area contributed by atoms with Crippen molar-refractivity contribution < 1.29 is 0 Å². The molecule has 0 saturated carbocycles. The fraction of sp³-hybridized carbons (Fsp3) is 0.312. The number of nitrogens with zero attached hydrogens (tertiary/aromatic N) is 1. The second-order valence-corrected chi connectivity index (χ2v) is 5.48. The van der Waals surface area contributed by atoms with E-state index in [-0.39, 0.29) is 0 Å². The van der Waals surface area contributed by atoms with E-state index in [1.54, 1.807) is 12.5 Å². The highest BCUT2D eigenvalue weighted by Gasteiger charge is 2.07. The molecule has 0 aliphatic carbocycles. The summed E-state index contributed by atoms with van der Waals surface area (Å²) in [5.41, 5.74) is 4.26. The summed E-state index contributed by atoms with van der Waals surface area (Å²) in [4.78, 5) is 7.02. The molecule has 0 amide bonds. The SMILES string of the molecule is C=C(NCCC(C)c1ccc(Cl)c(C)c1)c1cnc[nH]1. The lowest BCUT2D eigenvalue weighted by atomic mass is 9.96. The average molecular weight is 290 g/mol. The number of aromatic amines is 1. The van der Waals surface area contributed by atoms with Crippen molar-refractivity contribution >= 4 is 17.3 Å². The highest BCUT2D eigenvalue weighted by atomic mass is 35.5. The molecule has 0 bridgehead atoms. The Labute approximate surface area is 125 Å². The molecule has 20 heavy (non-hydrogen) atoms. The van der Waals surface area contributed by atoms with Gasteiger partial charge in [0.05, 0.1) is 23.9 Å². The Morgan fingerprint density at radius 1 is 1.50 bits per heavy atom. The molecule has 1 aromatic carbocycles. The van der Waals surface area contributed by atoms with Gasteiger partial charge in [-0.25, -0.2) is 4.98 Å². The zero-order valence-electron chi connectivity index (χ0n) is 11.9. The average Bonchev–Trinajstić information content (AvgIpc) is 2.95. The fourth-order valence-electron chi connectivity index (χ4n) is 2.10. The molecule has 0 spiro atoms. The second kappa shape index (κ2) is 6.62. The Morgan fingerprint density at radius 3 is 2.95 bits per heavy atom. The van der Waals surface area contributed by atoms with Crippen LogP contribution in [0.1, 0.15) is 36.1 Å². The number of halogens is 1. The molecular formula is C16H20ClN3. The summed E-state index contributed by atoms with van der Waals surface area (Å²) in [5, 5.41) is 4.15. The summed E-state index contributed by atoms with van der Waals surface area (Å²) >= 11 is 6.05. The topological polar surface area (TPSA) is 40.7 Å². The highest BCUT2D eigenvalue weighted by molar-refractivity contribution is 6.31. The summed E-state index contributed by atoms with van der Waals surface area (Å²) < 4.78 is 0. The maximum absolute atomic E-state index is 6.05. The van der Waals surface area contributed by atoms with Gasteiger partial charge in [0.1, 0.15) is 0 Å². The minimum absolute atomic E-state index is 0.480. The third-order valence-electron chi connectivity index (χ3n) is 3.49. The number of benzene rings is 1. The van der Waals surface area contributed by atoms with Gasteiger partial charge >= 0.3 is 0 Å². The van der Waals surface area contributed by atoms with Crippen LogP contribution in [0.25, 0.3) is 5.70 Å². The molecule has 0 aliphatic heterocycles. The van der Waals surface area contributed by atoms with Crippen LogP contribution in [-0.4, -0.2) is 16.5 Å². The normalized spacial score (nSPS) is 12.2. The summed E-state index contributed by atoms with van der Waals surface area (Å²) in [6.45, 7) is 9.13. The number of nitrogens with one attached hydrogen (secondary N) is 2. The van der Waals surface area contributed by atoms with Gasteiger partial charge in [-0.05, 0) is 36.5 Å². The van der Waals surface area contributed by atoms with Gasteiger partial charge in [0, 0.05) is 11.6 Å². The second-order valence-electron chi connectivity index (χ2n) is 5.07. The minimum atomic E-state index is 0.480. The Hall–Kier alpha value is -1.74. The van der Waals surface area contributed by atoms with E-state index >= 15 is 0 Å². The monoisotopic (exact) mass is 289 g/mol. The van der Waals surface area contributed by atoms with Crippen LogP contribution in [0.3, 0.4) is 0 Å². The highest BCUT2D eigenvalue weighted by Crippen LogP contribution is 2.24. The maximum Gasteiger partial charge on any atom is 0.0924 e. The lowest BCUT2D eigenvalue weighted by molar-refractivity contribution is 0.655. The number of rotatable bonds is 6. The molecule has 1 atom stereocenters. The molecule has 0 radical (unpaired) electrons. The number of imidazole rings is 1. The van der Waals surface area contributed by atoms with Crippen molar-refractivity contribution in [1.29, 1.82) is 0 Å². The smallest absolute Gasteiger partial charge is 0.0924 e. The van der Waals surface area contributed by atoms with Crippen molar-refractivity contribution in [1.82, 2.24) is 15.3 Å². The van der Waals surface area contributed by atoms with E-state index < -0.39 is 0 Å².